The molecule has 0 fully saturated rings. The minimum Gasteiger partial charge on any atom is -0.486 e. The summed E-state index contributed by atoms with van der Waals surface area (Å²) >= 11 is 0. The number of carboxylic acid groups (broad SMARTS) is 1. The van der Waals surface area contributed by atoms with Gasteiger partial charge in [-0.05, 0) is 66.6 Å². The molecule has 0 aliphatic rings. The van der Waals surface area contributed by atoms with E-state index in [-0.39, 0.29) is 18.3 Å². The Hall–Kier alpha value is -3.86. The number of carbonyl (C=O) groups excluding carboxylic acids is 1. The quantitative estimate of drug-likeness (QED) is 0.206. The smallest absolute Gasteiger partial charge is 0.303 e. The first-order chi connectivity index (χ1) is 17.9. The topological polar surface area (TPSA) is 68.5 Å². The molecule has 1 N–H and O–H groups in total. The normalized spacial score (nSPS) is 12.1. The molecule has 1 atom stereocenters. The molecule has 1 aromatic heterocycles. The summed E-state index contributed by atoms with van der Waals surface area (Å²) in [5, 5.41) is 9.84. The number of benzene rings is 3. The second kappa shape index (κ2) is 11.9. The largest absolute Gasteiger partial charge is 0.486 e. The van der Waals surface area contributed by atoms with Crippen LogP contribution >= 0.6 is 0 Å². The highest BCUT2D eigenvalue weighted by Crippen LogP contribution is 2.28. The average molecular weight is 498 g/mol. The molecule has 37 heavy (non-hydrogen) atoms. The first-order valence-electron chi connectivity index (χ1n) is 13.1. The van der Waals surface area contributed by atoms with Crippen LogP contribution in [0.4, 0.5) is 0 Å². The molecule has 1 heterocycles. The van der Waals surface area contributed by atoms with Gasteiger partial charge in [0.15, 0.2) is 5.78 Å². The van der Waals surface area contributed by atoms with Crippen molar-refractivity contribution < 1.29 is 19.4 Å². The Balaban J connectivity index is 1.49. The van der Waals surface area contributed by atoms with Gasteiger partial charge in [0.2, 0.25) is 0 Å². The minimum atomic E-state index is -0.816. The molecule has 3 aromatic carbocycles. The lowest BCUT2D eigenvalue weighted by atomic mass is 9.99. The van der Waals surface area contributed by atoms with E-state index < -0.39 is 5.97 Å². The van der Waals surface area contributed by atoms with Crippen LogP contribution < -0.4 is 4.74 Å². The number of ether oxygens (including phenoxy) is 1. The van der Waals surface area contributed by atoms with Crippen LogP contribution in [-0.2, 0) is 17.8 Å². The summed E-state index contributed by atoms with van der Waals surface area (Å²) in [7, 11) is 0. The van der Waals surface area contributed by atoms with E-state index in [1.54, 1.807) is 0 Å². The third kappa shape index (κ3) is 6.48. The molecule has 192 valence electrons. The highest BCUT2D eigenvalue weighted by Gasteiger charge is 2.18. The van der Waals surface area contributed by atoms with Crippen molar-refractivity contribution in [3.05, 3.63) is 101 Å². The van der Waals surface area contributed by atoms with Crippen molar-refractivity contribution in [2.24, 2.45) is 5.92 Å². The fourth-order valence-electron chi connectivity index (χ4n) is 4.74. The highest BCUT2D eigenvalue weighted by atomic mass is 16.5. The van der Waals surface area contributed by atoms with Crippen LogP contribution in [-0.4, -0.2) is 21.4 Å². The van der Waals surface area contributed by atoms with Gasteiger partial charge in [0, 0.05) is 41.2 Å². The number of hydrogen-bond donors (Lipinski definition) is 1. The van der Waals surface area contributed by atoms with Gasteiger partial charge in [-0.1, -0.05) is 63.2 Å². The second-order valence-electron chi connectivity index (χ2n) is 9.96. The zero-order valence-electron chi connectivity index (χ0n) is 21.8. The van der Waals surface area contributed by atoms with Crippen molar-refractivity contribution >= 4 is 22.7 Å². The Morgan fingerprint density at radius 1 is 0.946 bits per heavy atom. The van der Waals surface area contributed by atoms with Gasteiger partial charge in [-0.2, -0.15) is 0 Å². The lowest BCUT2D eigenvalue weighted by molar-refractivity contribution is -0.137. The van der Waals surface area contributed by atoms with E-state index in [0.717, 1.165) is 35.1 Å². The van der Waals surface area contributed by atoms with Gasteiger partial charge in [-0.25, -0.2) is 0 Å². The maximum absolute atomic E-state index is 13.4. The Bertz CT molecular complexity index is 1350. The van der Waals surface area contributed by atoms with Crippen LogP contribution in [0.15, 0.2) is 79.0 Å². The lowest BCUT2D eigenvalue weighted by Crippen LogP contribution is -2.07. The van der Waals surface area contributed by atoms with Crippen molar-refractivity contribution in [3.63, 3.8) is 0 Å². The maximum Gasteiger partial charge on any atom is 0.303 e. The van der Waals surface area contributed by atoms with Crippen molar-refractivity contribution in [1.82, 2.24) is 4.57 Å². The number of fused-ring (bicyclic) bond motifs is 1. The molecular weight excluding hydrogens is 462 g/mol. The zero-order chi connectivity index (χ0) is 26.4. The number of aliphatic carboxylic acids is 1. The van der Waals surface area contributed by atoms with Crippen molar-refractivity contribution in [2.75, 3.05) is 0 Å². The lowest BCUT2D eigenvalue weighted by Gasteiger charge is -2.19. The predicted octanol–water partition coefficient (Wildman–Crippen LogP) is 7.47. The number of aryl methyl sites for hydroxylation is 1. The molecule has 5 heteroatoms. The molecule has 0 spiro atoms. The van der Waals surface area contributed by atoms with E-state index in [2.05, 4.69) is 45.0 Å². The van der Waals surface area contributed by atoms with Gasteiger partial charge < -0.3 is 14.4 Å². The van der Waals surface area contributed by atoms with Gasteiger partial charge >= 0.3 is 5.97 Å². The van der Waals surface area contributed by atoms with Gasteiger partial charge in [0.05, 0.1) is 0 Å². The maximum atomic E-state index is 13.4. The van der Waals surface area contributed by atoms with E-state index in [0.29, 0.717) is 30.0 Å². The summed E-state index contributed by atoms with van der Waals surface area (Å²) in [5.41, 5.74) is 4.62. The SMILES string of the molecule is CC[C@H](Oc1ccc(C(=O)c2cn(CCCC(=O)O)c3ccccc23)cc1)c1ccc(CC(C)C)cc1. The van der Waals surface area contributed by atoms with Gasteiger partial charge in [0.1, 0.15) is 11.9 Å². The number of carboxylic acids is 1. The number of rotatable bonds is 12. The molecule has 0 aliphatic heterocycles. The number of para-hydroxylation sites is 1. The van der Waals surface area contributed by atoms with E-state index in [4.69, 9.17) is 9.84 Å². The summed E-state index contributed by atoms with van der Waals surface area (Å²) in [6.07, 6.45) is 4.29. The first kappa shape index (κ1) is 26.2. The predicted molar refractivity (Wildman–Crippen MR) is 147 cm³/mol. The third-order valence-corrected chi connectivity index (χ3v) is 6.58. The van der Waals surface area contributed by atoms with E-state index in [1.165, 1.54) is 5.56 Å². The van der Waals surface area contributed by atoms with Crippen LogP contribution in [0.5, 0.6) is 5.75 Å². The zero-order valence-corrected chi connectivity index (χ0v) is 21.8. The molecule has 0 bridgehead atoms. The monoisotopic (exact) mass is 497 g/mol. The minimum absolute atomic E-state index is 0.0570. The average Bonchev–Trinajstić information content (AvgIpc) is 3.26. The molecule has 4 aromatic rings. The number of ketones is 1. The van der Waals surface area contributed by atoms with E-state index in [9.17, 15) is 9.59 Å². The Morgan fingerprint density at radius 3 is 2.30 bits per heavy atom. The summed E-state index contributed by atoms with van der Waals surface area (Å²) in [5.74, 6) is 0.473. The summed E-state index contributed by atoms with van der Waals surface area (Å²) in [6, 6.07) is 23.7. The summed E-state index contributed by atoms with van der Waals surface area (Å²) in [6.45, 7) is 7.10. The summed E-state index contributed by atoms with van der Waals surface area (Å²) in [4.78, 5) is 24.3. The Labute approximate surface area is 218 Å². The van der Waals surface area contributed by atoms with Gasteiger partial charge in [-0.15, -0.1) is 0 Å². The molecule has 0 saturated carbocycles. The number of carbonyl (C=O) groups is 2. The van der Waals surface area contributed by atoms with Crippen molar-refractivity contribution in [2.45, 2.75) is 59.1 Å². The third-order valence-electron chi connectivity index (χ3n) is 6.58. The van der Waals surface area contributed by atoms with Crippen LogP contribution in [0, 0.1) is 5.92 Å². The van der Waals surface area contributed by atoms with Crippen molar-refractivity contribution in [3.8, 4) is 5.75 Å². The first-order valence-corrected chi connectivity index (χ1v) is 13.1. The summed E-state index contributed by atoms with van der Waals surface area (Å²) < 4.78 is 8.26. The van der Waals surface area contributed by atoms with Crippen molar-refractivity contribution in [1.29, 1.82) is 0 Å². The number of hydrogen-bond acceptors (Lipinski definition) is 3. The van der Waals surface area contributed by atoms with Gasteiger partial charge in [0.25, 0.3) is 0 Å². The number of aromatic nitrogens is 1. The van der Waals surface area contributed by atoms with Crippen LogP contribution in [0.2, 0.25) is 0 Å². The Morgan fingerprint density at radius 2 is 1.65 bits per heavy atom. The standard InChI is InChI=1S/C32H35NO4/c1-4-30(24-13-11-23(12-14-24)20-22(2)3)37-26-17-15-25(16-18-26)32(36)28-21-33(19-7-10-31(34)35)29-9-6-5-8-27(28)29/h5-6,8-9,11-18,21-22,30H,4,7,10,19-20H2,1-3H3,(H,34,35)/t30-/m0/s1. The number of nitrogens with zero attached hydrogens (tertiary/aromatic N) is 1. The molecular formula is C32H35NO4. The van der Waals surface area contributed by atoms with Crippen LogP contribution in [0.25, 0.3) is 10.9 Å². The second-order valence-corrected chi connectivity index (χ2v) is 9.96. The van der Waals surface area contributed by atoms with Gasteiger partial charge in [-0.3, -0.25) is 9.59 Å². The molecule has 0 saturated heterocycles. The molecule has 5 nitrogen and oxygen atoms in total. The van der Waals surface area contributed by atoms with E-state index >= 15 is 0 Å². The molecule has 0 radical (unpaired) electrons. The fourth-order valence-corrected chi connectivity index (χ4v) is 4.74. The highest BCUT2D eigenvalue weighted by molar-refractivity contribution is 6.16. The molecule has 4 rings (SSSR count). The molecule has 0 unspecified atom stereocenters. The van der Waals surface area contributed by atoms with Crippen LogP contribution in [0.1, 0.15) is 73.2 Å². The Kier molecular flexibility index (Phi) is 8.44. The molecule has 0 amide bonds. The fraction of sp³-hybridized carbons (Fsp3) is 0.312. The van der Waals surface area contributed by atoms with E-state index in [1.807, 2.05) is 59.3 Å². The molecule has 0 aliphatic carbocycles. The van der Waals surface area contributed by atoms with Crippen LogP contribution in [0.3, 0.4) is 0 Å².